The number of fused-ring (bicyclic) bond motifs is 1. The number of pyridine rings is 2. The summed E-state index contributed by atoms with van der Waals surface area (Å²) in [6, 6.07) is 9.87. The third-order valence-electron chi connectivity index (χ3n) is 6.98. The third-order valence-corrected chi connectivity index (χ3v) is 6.98. The Morgan fingerprint density at radius 2 is 2.17 bits per heavy atom. The highest BCUT2D eigenvalue weighted by Crippen LogP contribution is 2.38. The van der Waals surface area contributed by atoms with Gasteiger partial charge in [-0.3, -0.25) is 10.4 Å². The van der Waals surface area contributed by atoms with Gasteiger partial charge < -0.3 is 16.0 Å². The number of aromatic nitrogens is 2. The van der Waals surface area contributed by atoms with Crippen molar-refractivity contribution in [3.8, 4) is 0 Å². The van der Waals surface area contributed by atoms with Gasteiger partial charge in [0.05, 0.1) is 11.7 Å². The van der Waals surface area contributed by atoms with E-state index in [1.807, 2.05) is 18.5 Å². The highest BCUT2D eigenvalue weighted by Gasteiger charge is 2.42. The van der Waals surface area contributed by atoms with Gasteiger partial charge in [-0.1, -0.05) is 19.1 Å². The maximum absolute atomic E-state index is 6.27. The van der Waals surface area contributed by atoms with Gasteiger partial charge >= 0.3 is 0 Å². The largest absolute Gasteiger partial charge is 0.355 e. The maximum Gasteiger partial charge on any atom is 0.132 e. The lowest BCUT2D eigenvalue weighted by molar-refractivity contribution is 0.265. The topological polar surface area (TPSA) is 91.1 Å². The molecule has 7 nitrogen and oxygen atoms in total. The van der Waals surface area contributed by atoms with E-state index in [4.69, 9.17) is 10.7 Å². The van der Waals surface area contributed by atoms with Crippen molar-refractivity contribution in [3.63, 3.8) is 0 Å². The van der Waals surface area contributed by atoms with Crippen LogP contribution in [0.3, 0.4) is 0 Å². The molecular formula is C23H33N7. The molecule has 5 N–H and O–H groups in total. The Morgan fingerprint density at radius 3 is 2.97 bits per heavy atom. The van der Waals surface area contributed by atoms with Gasteiger partial charge in [0.25, 0.3) is 0 Å². The Labute approximate surface area is 178 Å². The fourth-order valence-electron chi connectivity index (χ4n) is 5.32. The first kappa shape index (κ1) is 19.9. The number of nitrogens with one attached hydrogen (secondary N) is 3. The Balaban J connectivity index is 1.40. The van der Waals surface area contributed by atoms with Crippen molar-refractivity contribution in [1.29, 1.82) is 0 Å². The normalized spacial score (nSPS) is 31.5. The Kier molecular flexibility index (Phi) is 5.69. The lowest BCUT2D eigenvalue weighted by Crippen LogP contribution is -2.46. The minimum atomic E-state index is 0.208. The van der Waals surface area contributed by atoms with E-state index in [-0.39, 0.29) is 12.1 Å². The summed E-state index contributed by atoms with van der Waals surface area (Å²) in [4.78, 5) is 11.9. The number of anilines is 1. The molecule has 0 aliphatic carbocycles. The maximum atomic E-state index is 6.27. The molecule has 5 atom stereocenters. The van der Waals surface area contributed by atoms with E-state index in [9.17, 15) is 0 Å². The Morgan fingerprint density at radius 1 is 1.23 bits per heavy atom. The zero-order chi connectivity index (χ0) is 20.5. The quantitative estimate of drug-likeness (QED) is 0.615. The second kappa shape index (κ2) is 8.59. The van der Waals surface area contributed by atoms with Gasteiger partial charge in [-0.2, -0.15) is 0 Å². The molecule has 30 heavy (non-hydrogen) atoms. The summed E-state index contributed by atoms with van der Waals surface area (Å²) < 4.78 is 0. The van der Waals surface area contributed by atoms with Crippen LogP contribution in [0.1, 0.15) is 55.1 Å². The van der Waals surface area contributed by atoms with E-state index in [1.54, 1.807) is 0 Å². The molecule has 5 heterocycles. The number of aryl methyl sites for hydroxylation is 1. The van der Waals surface area contributed by atoms with Crippen molar-refractivity contribution in [2.45, 2.75) is 56.8 Å². The zero-order valence-corrected chi connectivity index (χ0v) is 17.7. The number of nitrogens with zero attached hydrogens (tertiary/aromatic N) is 3. The van der Waals surface area contributed by atoms with Gasteiger partial charge in [-0.15, -0.1) is 0 Å². The third kappa shape index (κ3) is 3.83. The molecule has 160 valence electrons. The van der Waals surface area contributed by atoms with Crippen molar-refractivity contribution in [3.05, 3.63) is 53.5 Å². The van der Waals surface area contributed by atoms with Crippen LogP contribution in [0.25, 0.3) is 0 Å². The number of nitrogens with two attached hydrogens (primary N) is 1. The van der Waals surface area contributed by atoms with Crippen molar-refractivity contribution in [2.75, 3.05) is 24.5 Å². The van der Waals surface area contributed by atoms with E-state index in [0.717, 1.165) is 56.8 Å². The highest BCUT2D eigenvalue weighted by molar-refractivity contribution is 5.49. The fourth-order valence-corrected chi connectivity index (χ4v) is 5.32. The number of hydrogen-bond acceptors (Lipinski definition) is 7. The molecule has 2 aromatic heterocycles. The summed E-state index contributed by atoms with van der Waals surface area (Å²) in [5.41, 5.74) is 17.0. The Bertz CT molecular complexity index is 858. The molecule has 0 saturated carbocycles. The standard InChI is InChI=1S/C23H33N7/c1-2-15-7-8-19(27-23(15)30-10-4-6-17(24)14-30)22-18-11-20(16-5-3-9-25-12-16)26-13-21(18)28-29-22/h3,5,7-9,12,17-18,20-22,26,28-29H,2,4,6,10-11,13-14,24H2,1H3/t17-,18?,20?,21?,22?/m0/s1. The summed E-state index contributed by atoms with van der Waals surface area (Å²) >= 11 is 0. The average Bonchev–Trinajstić information content (AvgIpc) is 3.22. The van der Waals surface area contributed by atoms with Crippen molar-refractivity contribution >= 4 is 5.82 Å². The molecule has 4 unspecified atom stereocenters. The van der Waals surface area contributed by atoms with Crippen molar-refractivity contribution < 1.29 is 0 Å². The SMILES string of the molecule is CCc1ccc(C2NNC3CNC(c4cccnc4)CC32)nc1N1CCC[C@H](N)C1. The minimum absolute atomic E-state index is 0.208. The predicted molar refractivity (Wildman–Crippen MR) is 119 cm³/mol. The summed E-state index contributed by atoms with van der Waals surface area (Å²) in [5.74, 6) is 1.61. The molecule has 0 spiro atoms. The first-order chi connectivity index (χ1) is 14.7. The summed E-state index contributed by atoms with van der Waals surface area (Å²) in [6.45, 7) is 5.10. The average molecular weight is 408 g/mol. The predicted octanol–water partition coefficient (Wildman–Crippen LogP) is 1.83. The molecule has 0 aromatic carbocycles. The van der Waals surface area contributed by atoms with Crippen LogP contribution in [0, 0.1) is 5.92 Å². The first-order valence-electron chi connectivity index (χ1n) is 11.4. The number of hydrogen-bond donors (Lipinski definition) is 4. The van der Waals surface area contributed by atoms with Crippen LogP contribution in [0.4, 0.5) is 5.82 Å². The first-order valence-corrected chi connectivity index (χ1v) is 11.4. The van der Waals surface area contributed by atoms with E-state index in [1.165, 1.54) is 11.1 Å². The van der Waals surface area contributed by atoms with Crippen LogP contribution in [0.2, 0.25) is 0 Å². The van der Waals surface area contributed by atoms with E-state index >= 15 is 0 Å². The second-order valence-corrected chi connectivity index (χ2v) is 8.94. The summed E-state index contributed by atoms with van der Waals surface area (Å²) in [5, 5.41) is 3.68. The minimum Gasteiger partial charge on any atom is -0.355 e. The number of piperidine rings is 2. The van der Waals surface area contributed by atoms with Crippen LogP contribution >= 0.6 is 0 Å². The summed E-state index contributed by atoms with van der Waals surface area (Å²) in [7, 11) is 0. The van der Waals surface area contributed by atoms with Gasteiger partial charge in [0, 0.05) is 56.1 Å². The molecule has 7 heteroatoms. The molecule has 3 fully saturated rings. The second-order valence-electron chi connectivity index (χ2n) is 8.94. The summed E-state index contributed by atoms with van der Waals surface area (Å²) in [6.07, 6.45) is 8.12. The van der Waals surface area contributed by atoms with Gasteiger partial charge in [-0.05, 0) is 48.9 Å². The zero-order valence-electron chi connectivity index (χ0n) is 17.7. The number of rotatable bonds is 4. The van der Waals surface area contributed by atoms with Gasteiger partial charge in [0.1, 0.15) is 5.82 Å². The molecule has 5 rings (SSSR count). The molecule has 3 aliphatic rings. The molecule has 3 saturated heterocycles. The van der Waals surface area contributed by atoms with Crippen molar-refractivity contribution in [2.24, 2.45) is 11.7 Å². The molecule has 0 radical (unpaired) electrons. The number of hydrazine groups is 1. The van der Waals surface area contributed by atoms with Crippen LogP contribution in [0.15, 0.2) is 36.7 Å². The molecule has 2 aromatic rings. The highest BCUT2D eigenvalue weighted by atomic mass is 15.4. The van der Waals surface area contributed by atoms with Crippen LogP contribution in [0.5, 0.6) is 0 Å². The van der Waals surface area contributed by atoms with E-state index in [2.05, 4.69) is 51.2 Å². The lowest BCUT2D eigenvalue weighted by Gasteiger charge is -2.35. The monoisotopic (exact) mass is 407 g/mol. The van der Waals surface area contributed by atoms with Gasteiger partial charge in [0.15, 0.2) is 0 Å². The molecular weight excluding hydrogens is 374 g/mol. The molecule has 0 amide bonds. The van der Waals surface area contributed by atoms with Crippen molar-refractivity contribution in [1.82, 2.24) is 26.1 Å². The van der Waals surface area contributed by atoms with E-state index < -0.39 is 0 Å². The van der Waals surface area contributed by atoms with Crippen LogP contribution < -0.4 is 26.8 Å². The molecule has 3 aliphatic heterocycles. The van der Waals surface area contributed by atoms with Gasteiger partial charge in [-0.25, -0.2) is 10.4 Å². The van der Waals surface area contributed by atoms with E-state index in [0.29, 0.717) is 18.0 Å². The van der Waals surface area contributed by atoms with Crippen LogP contribution in [-0.4, -0.2) is 41.7 Å². The van der Waals surface area contributed by atoms with Crippen LogP contribution in [-0.2, 0) is 6.42 Å². The molecule has 0 bridgehead atoms. The fraction of sp³-hybridized carbons (Fsp3) is 0.565. The Hall–Kier alpha value is -2.06. The lowest BCUT2D eigenvalue weighted by atomic mass is 9.81. The smallest absolute Gasteiger partial charge is 0.132 e. The van der Waals surface area contributed by atoms with Gasteiger partial charge in [0.2, 0.25) is 0 Å².